The molecule has 1 N–H and O–H groups in total. The van der Waals surface area contributed by atoms with Crippen LogP contribution in [0.3, 0.4) is 0 Å². The highest BCUT2D eigenvalue weighted by Crippen LogP contribution is 2.36. The quantitative estimate of drug-likeness (QED) is 0.419. The van der Waals surface area contributed by atoms with Gasteiger partial charge in [0, 0.05) is 4.88 Å². The van der Waals surface area contributed by atoms with E-state index in [4.69, 9.17) is 4.74 Å². The summed E-state index contributed by atoms with van der Waals surface area (Å²) in [6.45, 7) is 8.35. The number of carbonyl (C=O) groups excluding carboxylic acids is 1. The van der Waals surface area contributed by atoms with Gasteiger partial charge in [0.25, 0.3) is 0 Å². The molecule has 0 aliphatic heterocycles. The van der Waals surface area contributed by atoms with Crippen molar-refractivity contribution in [1.82, 2.24) is 0 Å². The molecule has 0 bridgehead atoms. The Bertz CT molecular complexity index is 1050. The van der Waals surface area contributed by atoms with Gasteiger partial charge in [0.15, 0.2) is 0 Å². The van der Waals surface area contributed by atoms with Gasteiger partial charge in [-0.1, -0.05) is 37.3 Å². The van der Waals surface area contributed by atoms with Crippen molar-refractivity contribution in [3.8, 4) is 16.2 Å². The van der Waals surface area contributed by atoms with Gasteiger partial charge in [0.1, 0.15) is 10.6 Å². The summed E-state index contributed by atoms with van der Waals surface area (Å²) >= 11 is 1.49. The Morgan fingerprint density at radius 3 is 2.43 bits per heavy atom. The molecular formula is C26H30O3S. The maximum atomic E-state index is 11.9. The molecule has 1 atom stereocenters. The largest absolute Gasteiger partial charge is 0.508 e. The molecule has 4 heteroatoms. The first-order valence-electron chi connectivity index (χ1n) is 10.4. The second-order valence-corrected chi connectivity index (χ2v) is 9.01. The zero-order chi connectivity index (χ0) is 21.8. The molecular weight excluding hydrogens is 392 g/mol. The molecule has 0 saturated carbocycles. The highest BCUT2D eigenvalue weighted by atomic mass is 32.1. The number of hydrogen-bond donors (Lipinski definition) is 1. The van der Waals surface area contributed by atoms with E-state index in [9.17, 15) is 9.90 Å². The van der Waals surface area contributed by atoms with Crippen LogP contribution in [0.4, 0.5) is 0 Å². The number of ether oxygens (including phenoxy) is 1. The standard InChI is InChI=1S/C26H30O3S/c1-6-20(21-10-12-23(27)17(3)14-21)9-7-19-8-11-22(16(2)13-19)25-18(4)15-24(30-25)26(28)29-5/h8,10-15,20,27H,6-7,9H2,1-5H3. The fourth-order valence-electron chi connectivity index (χ4n) is 3.97. The average molecular weight is 423 g/mol. The van der Waals surface area contributed by atoms with Crippen molar-refractivity contribution in [1.29, 1.82) is 0 Å². The summed E-state index contributed by atoms with van der Waals surface area (Å²) < 4.78 is 4.86. The van der Waals surface area contributed by atoms with Crippen molar-refractivity contribution in [2.45, 2.75) is 52.9 Å². The van der Waals surface area contributed by atoms with Crippen LogP contribution in [0.1, 0.15) is 63.2 Å². The summed E-state index contributed by atoms with van der Waals surface area (Å²) in [5.74, 6) is 0.559. The molecule has 158 valence electrons. The van der Waals surface area contributed by atoms with E-state index in [1.807, 2.05) is 26.0 Å². The van der Waals surface area contributed by atoms with Gasteiger partial charge < -0.3 is 9.84 Å². The van der Waals surface area contributed by atoms with E-state index < -0.39 is 0 Å². The van der Waals surface area contributed by atoms with Crippen LogP contribution in [0.15, 0.2) is 42.5 Å². The lowest BCUT2D eigenvalue weighted by molar-refractivity contribution is 0.0606. The Hall–Kier alpha value is -2.59. The summed E-state index contributed by atoms with van der Waals surface area (Å²) in [5, 5.41) is 9.80. The summed E-state index contributed by atoms with van der Waals surface area (Å²) in [6, 6.07) is 14.5. The topological polar surface area (TPSA) is 46.5 Å². The molecule has 3 rings (SSSR count). The molecule has 1 unspecified atom stereocenters. The predicted molar refractivity (Wildman–Crippen MR) is 125 cm³/mol. The summed E-state index contributed by atoms with van der Waals surface area (Å²) in [5.41, 5.74) is 7.06. The number of carbonyl (C=O) groups is 1. The summed E-state index contributed by atoms with van der Waals surface area (Å²) in [4.78, 5) is 13.6. The molecule has 3 aromatic rings. The number of aryl methyl sites for hydroxylation is 4. The fourth-order valence-corrected chi connectivity index (χ4v) is 5.15. The lowest BCUT2D eigenvalue weighted by Crippen LogP contribution is -2.01. The monoisotopic (exact) mass is 422 g/mol. The third-order valence-corrected chi connectivity index (χ3v) is 7.06. The second-order valence-electron chi connectivity index (χ2n) is 7.95. The van der Waals surface area contributed by atoms with Crippen LogP contribution in [0.2, 0.25) is 0 Å². The number of esters is 1. The van der Waals surface area contributed by atoms with Gasteiger partial charge in [-0.15, -0.1) is 11.3 Å². The Morgan fingerprint density at radius 2 is 1.80 bits per heavy atom. The Morgan fingerprint density at radius 1 is 1.03 bits per heavy atom. The van der Waals surface area contributed by atoms with E-state index in [-0.39, 0.29) is 5.97 Å². The van der Waals surface area contributed by atoms with Crippen LogP contribution in [0.25, 0.3) is 10.4 Å². The lowest BCUT2D eigenvalue weighted by atomic mass is 9.88. The fraction of sp³-hybridized carbons (Fsp3) is 0.346. The van der Waals surface area contributed by atoms with Crippen molar-refractivity contribution in [2.24, 2.45) is 0 Å². The molecule has 0 fully saturated rings. The molecule has 0 aliphatic rings. The van der Waals surface area contributed by atoms with E-state index in [1.54, 1.807) is 6.07 Å². The second kappa shape index (κ2) is 9.48. The molecule has 2 aromatic carbocycles. The first kappa shape index (κ1) is 22.1. The van der Waals surface area contributed by atoms with Gasteiger partial charge >= 0.3 is 5.97 Å². The van der Waals surface area contributed by atoms with Gasteiger partial charge in [-0.3, -0.25) is 0 Å². The molecule has 0 spiro atoms. The van der Waals surface area contributed by atoms with E-state index in [0.717, 1.165) is 35.3 Å². The van der Waals surface area contributed by atoms with Crippen molar-refractivity contribution in [2.75, 3.05) is 7.11 Å². The van der Waals surface area contributed by atoms with Crippen LogP contribution in [-0.4, -0.2) is 18.2 Å². The molecule has 1 heterocycles. The molecule has 0 amide bonds. The van der Waals surface area contributed by atoms with Gasteiger partial charge in [0.05, 0.1) is 7.11 Å². The van der Waals surface area contributed by atoms with Gasteiger partial charge in [-0.05, 0) is 91.5 Å². The average Bonchev–Trinajstić information content (AvgIpc) is 3.12. The van der Waals surface area contributed by atoms with Crippen LogP contribution < -0.4 is 0 Å². The van der Waals surface area contributed by atoms with E-state index >= 15 is 0 Å². The van der Waals surface area contributed by atoms with Gasteiger partial charge in [0.2, 0.25) is 0 Å². The number of methoxy groups -OCH3 is 1. The van der Waals surface area contributed by atoms with Crippen molar-refractivity contribution in [3.63, 3.8) is 0 Å². The predicted octanol–water partition coefficient (Wildman–Crippen LogP) is 6.96. The molecule has 0 radical (unpaired) electrons. The number of hydrogen-bond acceptors (Lipinski definition) is 4. The molecule has 1 aromatic heterocycles. The van der Waals surface area contributed by atoms with Crippen molar-refractivity contribution in [3.05, 3.63) is 75.2 Å². The zero-order valence-corrected chi connectivity index (χ0v) is 19.2. The molecule has 0 saturated heterocycles. The number of rotatable bonds is 7. The van der Waals surface area contributed by atoms with E-state index in [2.05, 4.69) is 38.1 Å². The maximum Gasteiger partial charge on any atom is 0.348 e. The van der Waals surface area contributed by atoms with Crippen LogP contribution in [-0.2, 0) is 11.2 Å². The summed E-state index contributed by atoms with van der Waals surface area (Å²) in [6.07, 6.45) is 3.16. The van der Waals surface area contributed by atoms with Gasteiger partial charge in [-0.25, -0.2) is 4.79 Å². The Kier molecular flexibility index (Phi) is 6.99. The highest BCUT2D eigenvalue weighted by molar-refractivity contribution is 7.17. The van der Waals surface area contributed by atoms with Gasteiger partial charge in [-0.2, -0.15) is 0 Å². The van der Waals surface area contributed by atoms with E-state index in [1.165, 1.54) is 40.7 Å². The number of aromatic hydroxyl groups is 1. The Labute approximate surface area is 183 Å². The SMILES string of the molecule is CCC(CCc1ccc(-c2sc(C(=O)OC)cc2C)c(C)c1)c1ccc(O)c(C)c1. The minimum absolute atomic E-state index is 0.279. The molecule has 3 nitrogen and oxygen atoms in total. The molecule has 0 aliphatic carbocycles. The normalized spacial score (nSPS) is 12.0. The number of thiophene rings is 1. The zero-order valence-electron chi connectivity index (χ0n) is 18.4. The minimum Gasteiger partial charge on any atom is -0.508 e. The minimum atomic E-state index is -0.279. The molecule has 30 heavy (non-hydrogen) atoms. The maximum absolute atomic E-state index is 11.9. The highest BCUT2D eigenvalue weighted by Gasteiger charge is 2.16. The van der Waals surface area contributed by atoms with Crippen molar-refractivity contribution < 1.29 is 14.6 Å². The van der Waals surface area contributed by atoms with E-state index in [0.29, 0.717) is 16.5 Å². The van der Waals surface area contributed by atoms with Crippen LogP contribution >= 0.6 is 11.3 Å². The number of benzene rings is 2. The first-order chi connectivity index (χ1) is 14.3. The number of phenolic OH excluding ortho intramolecular Hbond substituents is 1. The van der Waals surface area contributed by atoms with Crippen LogP contribution in [0.5, 0.6) is 5.75 Å². The van der Waals surface area contributed by atoms with Crippen LogP contribution in [0, 0.1) is 20.8 Å². The number of phenols is 1. The Balaban J connectivity index is 1.76. The lowest BCUT2D eigenvalue weighted by Gasteiger charge is -2.17. The third kappa shape index (κ3) is 4.76. The smallest absolute Gasteiger partial charge is 0.348 e. The first-order valence-corrected chi connectivity index (χ1v) is 11.2. The summed E-state index contributed by atoms with van der Waals surface area (Å²) in [7, 11) is 1.42. The van der Waals surface area contributed by atoms with Crippen molar-refractivity contribution >= 4 is 17.3 Å². The third-order valence-electron chi connectivity index (χ3n) is 5.81.